The van der Waals surface area contributed by atoms with E-state index in [-0.39, 0.29) is 18.3 Å². The minimum atomic E-state index is 0. The Kier molecular flexibility index (Phi) is 6.53. The summed E-state index contributed by atoms with van der Waals surface area (Å²) in [5.74, 6) is 0.515. The van der Waals surface area contributed by atoms with Crippen molar-refractivity contribution in [1.82, 2.24) is 10.2 Å². The smallest absolute Gasteiger partial charge is 0.227 e. The van der Waals surface area contributed by atoms with Gasteiger partial charge in [0.15, 0.2) is 0 Å². The Hall–Kier alpha value is -1.26. The Labute approximate surface area is 152 Å². The van der Waals surface area contributed by atoms with Gasteiger partial charge in [-0.3, -0.25) is 4.79 Å². The van der Waals surface area contributed by atoms with E-state index < -0.39 is 0 Å². The van der Waals surface area contributed by atoms with Crippen molar-refractivity contribution in [1.29, 1.82) is 0 Å². The Balaban J connectivity index is 0.00000208. The number of hydrogen-bond acceptors (Lipinski definition) is 3. The van der Waals surface area contributed by atoms with Gasteiger partial charge in [0.1, 0.15) is 0 Å². The standard InChI is InChI=1S/C19H29N3O.ClH/c1-14-6-4-8-18(15(14)2)21-10-12-22(13-11-21)19(23)17-7-5-9-20-16(17)3;/h4,6,8,16-17,20H,5,7,9-13H2,1-3H3;1H. The van der Waals surface area contributed by atoms with Gasteiger partial charge in [0.2, 0.25) is 5.91 Å². The highest BCUT2D eigenvalue weighted by Crippen LogP contribution is 2.25. The van der Waals surface area contributed by atoms with Crippen LogP contribution in [0.5, 0.6) is 0 Å². The van der Waals surface area contributed by atoms with E-state index in [0.717, 1.165) is 45.6 Å². The first-order valence-corrected chi connectivity index (χ1v) is 8.91. The van der Waals surface area contributed by atoms with Crippen molar-refractivity contribution < 1.29 is 4.79 Å². The van der Waals surface area contributed by atoms with Gasteiger partial charge in [-0.1, -0.05) is 12.1 Å². The molecule has 5 heteroatoms. The largest absolute Gasteiger partial charge is 0.368 e. The van der Waals surface area contributed by atoms with Crippen LogP contribution in [0.2, 0.25) is 0 Å². The van der Waals surface area contributed by atoms with Crippen molar-refractivity contribution >= 4 is 24.0 Å². The predicted molar refractivity (Wildman–Crippen MR) is 102 cm³/mol. The molecule has 0 aliphatic carbocycles. The second-order valence-corrected chi connectivity index (χ2v) is 7.02. The lowest BCUT2D eigenvalue weighted by Crippen LogP contribution is -2.54. The van der Waals surface area contributed by atoms with Gasteiger partial charge in [0, 0.05) is 37.9 Å². The molecule has 0 radical (unpaired) electrons. The molecule has 2 heterocycles. The quantitative estimate of drug-likeness (QED) is 0.890. The zero-order chi connectivity index (χ0) is 16.4. The number of rotatable bonds is 2. The number of carbonyl (C=O) groups excluding carboxylic acids is 1. The molecule has 2 unspecified atom stereocenters. The first-order valence-electron chi connectivity index (χ1n) is 8.91. The fourth-order valence-corrected chi connectivity index (χ4v) is 3.86. The zero-order valence-electron chi connectivity index (χ0n) is 15.0. The number of piperidine rings is 1. The fraction of sp³-hybridized carbons (Fsp3) is 0.632. The average Bonchev–Trinajstić information content (AvgIpc) is 2.57. The number of piperazine rings is 1. The Morgan fingerprint density at radius 2 is 1.88 bits per heavy atom. The lowest BCUT2D eigenvalue weighted by molar-refractivity contribution is -0.137. The lowest BCUT2D eigenvalue weighted by atomic mass is 9.90. The van der Waals surface area contributed by atoms with E-state index in [0.29, 0.717) is 11.9 Å². The van der Waals surface area contributed by atoms with Gasteiger partial charge in [-0.25, -0.2) is 0 Å². The Morgan fingerprint density at radius 3 is 2.54 bits per heavy atom. The van der Waals surface area contributed by atoms with Crippen molar-refractivity contribution in [3.05, 3.63) is 29.3 Å². The van der Waals surface area contributed by atoms with Crippen LogP contribution in [0.4, 0.5) is 5.69 Å². The van der Waals surface area contributed by atoms with Crippen molar-refractivity contribution in [3.8, 4) is 0 Å². The van der Waals surface area contributed by atoms with E-state index in [1.807, 2.05) is 0 Å². The molecule has 0 aromatic heterocycles. The van der Waals surface area contributed by atoms with E-state index in [4.69, 9.17) is 0 Å². The van der Waals surface area contributed by atoms with Crippen LogP contribution in [0.25, 0.3) is 0 Å². The van der Waals surface area contributed by atoms with Gasteiger partial charge in [0.25, 0.3) is 0 Å². The van der Waals surface area contributed by atoms with Crippen LogP contribution in [-0.2, 0) is 4.79 Å². The molecule has 134 valence electrons. The molecule has 1 amide bonds. The van der Waals surface area contributed by atoms with Crippen LogP contribution in [0, 0.1) is 19.8 Å². The average molecular weight is 352 g/mol. The molecule has 3 rings (SSSR count). The van der Waals surface area contributed by atoms with Crippen molar-refractivity contribution in [2.24, 2.45) is 5.92 Å². The van der Waals surface area contributed by atoms with Crippen LogP contribution in [0.1, 0.15) is 30.9 Å². The molecule has 1 N–H and O–H groups in total. The summed E-state index contributed by atoms with van der Waals surface area (Å²) in [4.78, 5) is 17.3. The number of nitrogens with one attached hydrogen (secondary N) is 1. The first-order chi connectivity index (χ1) is 11.1. The third kappa shape index (κ3) is 3.86. The minimum Gasteiger partial charge on any atom is -0.368 e. The van der Waals surface area contributed by atoms with Crippen LogP contribution in [0.3, 0.4) is 0 Å². The maximum atomic E-state index is 12.8. The molecule has 1 aromatic rings. The molecule has 2 atom stereocenters. The first kappa shape index (κ1) is 19.1. The topological polar surface area (TPSA) is 35.6 Å². The molecule has 0 saturated carbocycles. The Morgan fingerprint density at radius 1 is 1.17 bits per heavy atom. The molecule has 2 aliphatic rings. The van der Waals surface area contributed by atoms with Gasteiger partial charge < -0.3 is 15.1 Å². The number of nitrogens with zero attached hydrogens (tertiary/aromatic N) is 2. The van der Waals surface area contributed by atoms with E-state index in [9.17, 15) is 4.79 Å². The van der Waals surface area contributed by atoms with E-state index >= 15 is 0 Å². The summed E-state index contributed by atoms with van der Waals surface area (Å²) < 4.78 is 0. The Bertz CT molecular complexity index is 570. The summed E-state index contributed by atoms with van der Waals surface area (Å²) in [6, 6.07) is 6.81. The van der Waals surface area contributed by atoms with E-state index in [2.05, 4.69) is 54.1 Å². The third-order valence-electron chi connectivity index (χ3n) is 5.59. The summed E-state index contributed by atoms with van der Waals surface area (Å²) in [6.45, 7) is 11.1. The maximum Gasteiger partial charge on any atom is 0.227 e. The van der Waals surface area contributed by atoms with Crippen LogP contribution >= 0.6 is 12.4 Å². The molecule has 0 spiro atoms. The van der Waals surface area contributed by atoms with Crippen LogP contribution in [0.15, 0.2) is 18.2 Å². The lowest BCUT2D eigenvalue weighted by Gasteiger charge is -2.40. The second kappa shape index (κ2) is 8.21. The SMILES string of the molecule is Cc1cccc(N2CCN(C(=O)C3CCCNC3C)CC2)c1C.Cl. The molecule has 1 aromatic carbocycles. The molecule has 2 saturated heterocycles. The number of hydrogen-bond donors (Lipinski definition) is 1. The summed E-state index contributed by atoms with van der Waals surface area (Å²) in [5.41, 5.74) is 4.02. The van der Waals surface area contributed by atoms with Gasteiger partial charge in [-0.05, 0) is 57.4 Å². The molecule has 2 fully saturated rings. The van der Waals surface area contributed by atoms with E-state index in [1.165, 1.54) is 16.8 Å². The minimum absolute atomic E-state index is 0. The van der Waals surface area contributed by atoms with Crippen molar-refractivity contribution in [3.63, 3.8) is 0 Å². The highest BCUT2D eigenvalue weighted by atomic mass is 35.5. The van der Waals surface area contributed by atoms with Gasteiger partial charge in [-0.15, -0.1) is 12.4 Å². The number of halogens is 1. The summed E-state index contributed by atoms with van der Waals surface area (Å²) in [5, 5.41) is 3.44. The zero-order valence-corrected chi connectivity index (χ0v) is 15.9. The van der Waals surface area contributed by atoms with E-state index in [1.54, 1.807) is 0 Å². The monoisotopic (exact) mass is 351 g/mol. The maximum absolute atomic E-state index is 12.8. The van der Waals surface area contributed by atoms with Gasteiger partial charge >= 0.3 is 0 Å². The summed E-state index contributed by atoms with van der Waals surface area (Å²) in [6.07, 6.45) is 2.15. The number of anilines is 1. The molecular formula is C19H30ClN3O. The molecule has 0 bridgehead atoms. The molecule has 24 heavy (non-hydrogen) atoms. The third-order valence-corrected chi connectivity index (χ3v) is 5.59. The number of carbonyl (C=O) groups is 1. The summed E-state index contributed by atoms with van der Waals surface area (Å²) >= 11 is 0. The van der Waals surface area contributed by atoms with Crippen LogP contribution < -0.4 is 10.2 Å². The fourth-order valence-electron chi connectivity index (χ4n) is 3.86. The van der Waals surface area contributed by atoms with Crippen molar-refractivity contribution in [2.75, 3.05) is 37.6 Å². The molecule has 4 nitrogen and oxygen atoms in total. The highest BCUT2D eigenvalue weighted by molar-refractivity contribution is 5.85. The van der Waals surface area contributed by atoms with Crippen LogP contribution in [-0.4, -0.2) is 49.6 Å². The number of amides is 1. The second-order valence-electron chi connectivity index (χ2n) is 7.02. The number of aryl methyl sites for hydroxylation is 1. The normalized spacial score (nSPS) is 24.5. The van der Waals surface area contributed by atoms with Gasteiger partial charge in [0.05, 0.1) is 5.92 Å². The number of benzene rings is 1. The summed E-state index contributed by atoms with van der Waals surface area (Å²) in [7, 11) is 0. The molecule has 2 aliphatic heterocycles. The molecular weight excluding hydrogens is 322 g/mol. The van der Waals surface area contributed by atoms with Crippen molar-refractivity contribution in [2.45, 2.75) is 39.7 Å². The predicted octanol–water partition coefficient (Wildman–Crippen LogP) is 2.76. The highest BCUT2D eigenvalue weighted by Gasteiger charge is 2.32. The van der Waals surface area contributed by atoms with Gasteiger partial charge in [-0.2, -0.15) is 0 Å².